The third-order valence-corrected chi connectivity index (χ3v) is 5.44. The third kappa shape index (κ3) is 5.03. The number of hydrogen-bond acceptors (Lipinski definition) is 6. The summed E-state index contributed by atoms with van der Waals surface area (Å²) in [5.41, 5.74) is 12.2. The van der Waals surface area contributed by atoms with Gasteiger partial charge < -0.3 is 16.0 Å². The van der Waals surface area contributed by atoms with E-state index in [1.54, 1.807) is 24.7 Å². The Bertz CT molecular complexity index is 1450. The Balaban J connectivity index is 1.59. The summed E-state index contributed by atoms with van der Waals surface area (Å²) < 4.78 is 0. The minimum absolute atomic E-state index is 0.237. The van der Waals surface area contributed by atoms with Crippen LogP contribution in [0.25, 0.3) is 10.9 Å². The highest BCUT2D eigenvalue weighted by Crippen LogP contribution is 2.20. The van der Waals surface area contributed by atoms with Crippen molar-refractivity contribution in [1.29, 1.82) is 0 Å². The van der Waals surface area contributed by atoms with Gasteiger partial charge in [-0.1, -0.05) is 17.9 Å². The number of pyridine rings is 3. The molecule has 0 aliphatic heterocycles. The van der Waals surface area contributed by atoms with Gasteiger partial charge in [-0.3, -0.25) is 14.8 Å². The molecule has 0 aliphatic rings. The van der Waals surface area contributed by atoms with Crippen LogP contribution in [-0.4, -0.2) is 39.9 Å². The zero-order valence-corrected chi connectivity index (χ0v) is 19.7. The quantitative estimate of drug-likeness (QED) is 0.457. The molecule has 4 rings (SSSR count). The maximum Gasteiger partial charge on any atom is 0.257 e. The number of nitrogens with two attached hydrogens (primary N) is 1. The molecule has 3 heterocycles. The van der Waals surface area contributed by atoms with Gasteiger partial charge in [0, 0.05) is 41.8 Å². The second-order valence-electron chi connectivity index (χ2n) is 8.40. The molecule has 3 N–H and O–H groups in total. The molecule has 0 fully saturated rings. The number of anilines is 2. The Kier molecular flexibility index (Phi) is 6.53. The highest BCUT2D eigenvalue weighted by atomic mass is 16.1. The first-order chi connectivity index (χ1) is 16.3. The molecular formula is C27H26N6O. The summed E-state index contributed by atoms with van der Waals surface area (Å²) in [5.74, 6) is 6.39. The molecule has 170 valence electrons. The third-order valence-electron chi connectivity index (χ3n) is 5.44. The van der Waals surface area contributed by atoms with Crippen molar-refractivity contribution in [3.05, 3.63) is 88.5 Å². The van der Waals surface area contributed by atoms with Gasteiger partial charge in [-0.2, -0.15) is 0 Å². The lowest BCUT2D eigenvalue weighted by Crippen LogP contribution is -2.14. The minimum Gasteiger partial charge on any atom is -0.382 e. The van der Waals surface area contributed by atoms with Gasteiger partial charge in [0.25, 0.3) is 5.91 Å². The van der Waals surface area contributed by atoms with E-state index in [2.05, 4.69) is 37.0 Å². The highest BCUT2D eigenvalue weighted by molar-refractivity contribution is 6.04. The number of carbonyl (C=O) groups excluding carboxylic acids is 1. The molecule has 0 spiro atoms. The van der Waals surface area contributed by atoms with Crippen LogP contribution in [0.5, 0.6) is 0 Å². The molecule has 34 heavy (non-hydrogen) atoms. The number of nitrogen functional groups attached to an aromatic ring is 1. The lowest BCUT2D eigenvalue weighted by molar-refractivity contribution is 0.102. The van der Waals surface area contributed by atoms with Crippen LogP contribution in [0, 0.1) is 25.7 Å². The number of benzene rings is 1. The van der Waals surface area contributed by atoms with Crippen LogP contribution < -0.4 is 11.1 Å². The molecule has 1 amide bonds. The number of nitrogens with one attached hydrogen (secondary N) is 1. The van der Waals surface area contributed by atoms with E-state index in [4.69, 9.17) is 5.73 Å². The number of fused-ring (bicyclic) bond motifs is 1. The zero-order chi connectivity index (χ0) is 24.2. The Labute approximate surface area is 199 Å². The second-order valence-corrected chi connectivity index (χ2v) is 8.40. The van der Waals surface area contributed by atoms with Crippen LogP contribution in [-0.2, 0) is 6.54 Å². The van der Waals surface area contributed by atoms with Crippen molar-refractivity contribution in [2.24, 2.45) is 0 Å². The van der Waals surface area contributed by atoms with E-state index >= 15 is 0 Å². The summed E-state index contributed by atoms with van der Waals surface area (Å²) in [4.78, 5) is 27.9. The molecule has 0 atom stereocenters. The number of nitrogens with zero attached hydrogens (tertiary/aromatic N) is 4. The normalized spacial score (nSPS) is 10.7. The molecule has 0 radical (unpaired) electrons. The van der Waals surface area contributed by atoms with Crippen molar-refractivity contribution >= 4 is 28.3 Å². The Morgan fingerprint density at radius 1 is 1.03 bits per heavy atom. The van der Waals surface area contributed by atoms with Crippen molar-refractivity contribution in [3.63, 3.8) is 0 Å². The van der Waals surface area contributed by atoms with Crippen molar-refractivity contribution in [2.75, 3.05) is 25.1 Å². The van der Waals surface area contributed by atoms with Gasteiger partial charge in [0.2, 0.25) is 0 Å². The van der Waals surface area contributed by atoms with Crippen LogP contribution >= 0.6 is 0 Å². The van der Waals surface area contributed by atoms with Gasteiger partial charge in [-0.05, 0) is 69.4 Å². The van der Waals surface area contributed by atoms with Gasteiger partial charge in [0.05, 0.1) is 16.8 Å². The van der Waals surface area contributed by atoms with Crippen LogP contribution in [0.4, 0.5) is 11.5 Å². The average molecular weight is 451 g/mol. The van der Waals surface area contributed by atoms with E-state index in [1.165, 1.54) is 5.56 Å². The first kappa shape index (κ1) is 22.9. The number of aryl methyl sites for hydroxylation is 2. The molecule has 0 saturated heterocycles. The van der Waals surface area contributed by atoms with E-state index in [9.17, 15) is 4.79 Å². The van der Waals surface area contributed by atoms with Crippen molar-refractivity contribution in [1.82, 2.24) is 19.9 Å². The first-order valence-electron chi connectivity index (χ1n) is 10.9. The summed E-state index contributed by atoms with van der Waals surface area (Å²) in [6.07, 6.45) is 4.87. The molecule has 7 heteroatoms. The van der Waals surface area contributed by atoms with E-state index in [0.29, 0.717) is 28.0 Å². The molecule has 7 nitrogen and oxygen atoms in total. The molecule has 0 aliphatic carbocycles. The standard InChI is InChI=1S/C27H26N6O/c1-17-12-23(10-9-21(17)16-33(3)4)32-27(34)22-13-19(18(2)30-15-22)7-8-20-14-31-26(28)25-24(20)6-5-11-29-25/h5-6,9-15H,16H2,1-4H3,(H2,28,31)(H,32,34). The van der Waals surface area contributed by atoms with Gasteiger partial charge in [-0.25, -0.2) is 4.98 Å². The summed E-state index contributed by atoms with van der Waals surface area (Å²) in [6, 6.07) is 11.4. The fourth-order valence-corrected chi connectivity index (χ4v) is 3.60. The second kappa shape index (κ2) is 9.69. The number of carbonyl (C=O) groups is 1. The lowest BCUT2D eigenvalue weighted by atomic mass is 10.1. The average Bonchev–Trinajstić information content (AvgIpc) is 2.81. The van der Waals surface area contributed by atoms with Crippen LogP contribution in [0.1, 0.15) is 38.3 Å². The van der Waals surface area contributed by atoms with Gasteiger partial charge in [-0.15, -0.1) is 0 Å². The molecule has 0 saturated carbocycles. The van der Waals surface area contributed by atoms with Crippen molar-refractivity contribution in [3.8, 4) is 11.8 Å². The number of aromatic nitrogens is 3. The zero-order valence-electron chi connectivity index (χ0n) is 19.7. The maximum absolute atomic E-state index is 12.9. The Hall–Kier alpha value is -4.28. The monoisotopic (exact) mass is 450 g/mol. The number of hydrogen-bond donors (Lipinski definition) is 2. The van der Waals surface area contributed by atoms with E-state index in [1.807, 2.05) is 58.3 Å². The number of rotatable bonds is 4. The Morgan fingerprint density at radius 3 is 2.59 bits per heavy atom. The first-order valence-corrected chi connectivity index (χ1v) is 10.9. The van der Waals surface area contributed by atoms with Gasteiger partial charge in [0.15, 0.2) is 0 Å². The Morgan fingerprint density at radius 2 is 1.82 bits per heavy atom. The fourth-order valence-electron chi connectivity index (χ4n) is 3.60. The van der Waals surface area contributed by atoms with Gasteiger partial charge >= 0.3 is 0 Å². The topological polar surface area (TPSA) is 97.0 Å². The van der Waals surface area contributed by atoms with Crippen LogP contribution in [0.2, 0.25) is 0 Å². The smallest absolute Gasteiger partial charge is 0.257 e. The highest BCUT2D eigenvalue weighted by Gasteiger charge is 2.11. The van der Waals surface area contributed by atoms with E-state index in [0.717, 1.165) is 28.9 Å². The SMILES string of the molecule is Cc1cc(NC(=O)c2cnc(C)c(C#Cc3cnc(N)c4ncccc34)c2)ccc1CN(C)C. The fraction of sp³-hybridized carbons (Fsp3) is 0.185. The predicted molar refractivity (Wildman–Crippen MR) is 135 cm³/mol. The van der Waals surface area contributed by atoms with Crippen LogP contribution in [0.3, 0.4) is 0 Å². The molecule has 1 aromatic carbocycles. The largest absolute Gasteiger partial charge is 0.382 e. The number of amides is 1. The molecule has 0 unspecified atom stereocenters. The molecule has 3 aromatic heterocycles. The molecular weight excluding hydrogens is 424 g/mol. The van der Waals surface area contributed by atoms with E-state index < -0.39 is 0 Å². The lowest BCUT2D eigenvalue weighted by Gasteiger charge is -2.14. The summed E-state index contributed by atoms with van der Waals surface area (Å²) >= 11 is 0. The van der Waals surface area contributed by atoms with Gasteiger partial charge in [0.1, 0.15) is 11.3 Å². The van der Waals surface area contributed by atoms with Crippen LogP contribution in [0.15, 0.2) is 55.0 Å². The maximum atomic E-state index is 12.9. The van der Waals surface area contributed by atoms with E-state index in [-0.39, 0.29) is 5.91 Å². The molecule has 4 aromatic rings. The summed E-state index contributed by atoms with van der Waals surface area (Å²) in [6.45, 7) is 4.75. The summed E-state index contributed by atoms with van der Waals surface area (Å²) in [7, 11) is 4.06. The van der Waals surface area contributed by atoms with Crippen molar-refractivity contribution in [2.45, 2.75) is 20.4 Å². The minimum atomic E-state index is -0.237. The predicted octanol–water partition coefficient (Wildman–Crippen LogP) is 3.94. The van der Waals surface area contributed by atoms with Crippen molar-refractivity contribution < 1.29 is 4.79 Å². The molecule has 0 bridgehead atoms. The summed E-state index contributed by atoms with van der Waals surface area (Å²) in [5, 5.41) is 3.79.